The van der Waals surface area contributed by atoms with Gasteiger partial charge in [0.1, 0.15) is 0 Å². The third-order valence-electron chi connectivity index (χ3n) is 3.67. The molecule has 0 atom stereocenters. The first kappa shape index (κ1) is 16.5. The summed E-state index contributed by atoms with van der Waals surface area (Å²) in [5.74, 6) is 0. The molecule has 0 amide bonds. The molecule has 0 fully saturated rings. The van der Waals surface area contributed by atoms with E-state index < -0.39 is 0 Å². The van der Waals surface area contributed by atoms with Gasteiger partial charge in [0, 0.05) is 11.6 Å². The molecular weight excluding hydrogens is 254 g/mol. The standard InChI is InChI=1S/C17H28ClN/c1-5-7-9-19(10-8-6-2)13-16-11-15(4)17(18)12-14(16)3/h11-12H,5-10,13H2,1-4H3. The van der Waals surface area contributed by atoms with Crippen LogP contribution in [0.2, 0.25) is 5.02 Å². The maximum absolute atomic E-state index is 6.18. The van der Waals surface area contributed by atoms with Crippen LogP contribution in [0.3, 0.4) is 0 Å². The Morgan fingerprint density at radius 1 is 0.947 bits per heavy atom. The maximum atomic E-state index is 6.18. The molecule has 1 rings (SSSR count). The van der Waals surface area contributed by atoms with Crippen LogP contribution in [-0.2, 0) is 6.54 Å². The second-order valence-corrected chi connectivity index (χ2v) is 5.92. The van der Waals surface area contributed by atoms with Gasteiger partial charge in [-0.25, -0.2) is 0 Å². The average Bonchev–Trinajstić information content (AvgIpc) is 2.38. The monoisotopic (exact) mass is 281 g/mol. The van der Waals surface area contributed by atoms with E-state index in [0.29, 0.717) is 0 Å². The Morgan fingerprint density at radius 3 is 2.05 bits per heavy atom. The van der Waals surface area contributed by atoms with Gasteiger partial charge in [0.15, 0.2) is 0 Å². The number of unbranched alkanes of at least 4 members (excludes halogenated alkanes) is 2. The second-order valence-electron chi connectivity index (χ2n) is 5.51. The van der Waals surface area contributed by atoms with E-state index in [1.165, 1.54) is 55.5 Å². The van der Waals surface area contributed by atoms with Crippen LogP contribution in [0, 0.1) is 13.8 Å². The number of rotatable bonds is 8. The summed E-state index contributed by atoms with van der Waals surface area (Å²) in [7, 11) is 0. The highest BCUT2D eigenvalue weighted by atomic mass is 35.5. The Bertz CT molecular complexity index is 379. The molecule has 1 aromatic carbocycles. The summed E-state index contributed by atoms with van der Waals surface area (Å²) < 4.78 is 0. The van der Waals surface area contributed by atoms with Crippen LogP contribution >= 0.6 is 11.6 Å². The van der Waals surface area contributed by atoms with Crippen LogP contribution in [0.1, 0.15) is 56.2 Å². The van der Waals surface area contributed by atoms with Crippen LogP contribution < -0.4 is 0 Å². The zero-order chi connectivity index (χ0) is 14.3. The van der Waals surface area contributed by atoms with Crippen molar-refractivity contribution in [2.75, 3.05) is 13.1 Å². The third-order valence-corrected chi connectivity index (χ3v) is 4.07. The van der Waals surface area contributed by atoms with Crippen LogP contribution in [0.25, 0.3) is 0 Å². The molecule has 0 radical (unpaired) electrons. The molecule has 0 saturated heterocycles. The van der Waals surface area contributed by atoms with Crippen molar-refractivity contribution in [3.8, 4) is 0 Å². The molecule has 1 nitrogen and oxygen atoms in total. The molecule has 1 aromatic rings. The zero-order valence-electron chi connectivity index (χ0n) is 12.9. The van der Waals surface area contributed by atoms with Gasteiger partial charge in [-0.1, -0.05) is 44.4 Å². The van der Waals surface area contributed by atoms with Crippen molar-refractivity contribution in [3.63, 3.8) is 0 Å². The van der Waals surface area contributed by atoms with Gasteiger partial charge in [-0.15, -0.1) is 0 Å². The number of halogens is 1. The summed E-state index contributed by atoms with van der Waals surface area (Å²) >= 11 is 6.18. The fourth-order valence-electron chi connectivity index (χ4n) is 2.29. The zero-order valence-corrected chi connectivity index (χ0v) is 13.7. The summed E-state index contributed by atoms with van der Waals surface area (Å²) in [5, 5.41) is 0.884. The van der Waals surface area contributed by atoms with Gasteiger partial charge in [0.25, 0.3) is 0 Å². The van der Waals surface area contributed by atoms with Crippen molar-refractivity contribution < 1.29 is 0 Å². The highest BCUT2D eigenvalue weighted by Crippen LogP contribution is 2.22. The number of hydrogen-bond donors (Lipinski definition) is 0. The van der Waals surface area contributed by atoms with Crippen molar-refractivity contribution in [1.82, 2.24) is 4.90 Å². The molecule has 0 aliphatic heterocycles. The van der Waals surface area contributed by atoms with Crippen LogP contribution in [0.5, 0.6) is 0 Å². The molecule has 0 N–H and O–H groups in total. The van der Waals surface area contributed by atoms with Gasteiger partial charge in [-0.2, -0.15) is 0 Å². The smallest absolute Gasteiger partial charge is 0.0438 e. The van der Waals surface area contributed by atoms with Crippen molar-refractivity contribution in [1.29, 1.82) is 0 Å². The minimum absolute atomic E-state index is 0.884. The minimum atomic E-state index is 0.884. The molecule has 19 heavy (non-hydrogen) atoms. The lowest BCUT2D eigenvalue weighted by molar-refractivity contribution is 0.256. The first-order chi connectivity index (χ1) is 9.08. The van der Waals surface area contributed by atoms with E-state index in [4.69, 9.17) is 11.6 Å². The van der Waals surface area contributed by atoms with Gasteiger partial charge >= 0.3 is 0 Å². The maximum Gasteiger partial charge on any atom is 0.0438 e. The normalized spacial score (nSPS) is 11.3. The summed E-state index contributed by atoms with van der Waals surface area (Å²) in [5.41, 5.74) is 3.93. The second kappa shape index (κ2) is 8.60. The molecule has 0 aromatic heterocycles. The van der Waals surface area contributed by atoms with E-state index in [1.807, 2.05) is 0 Å². The highest BCUT2D eigenvalue weighted by Gasteiger charge is 2.09. The van der Waals surface area contributed by atoms with Crippen molar-refractivity contribution >= 4 is 11.6 Å². The quantitative estimate of drug-likeness (QED) is 0.620. The van der Waals surface area contributed by atoms with Crippen molar-refractivity contribution in [2.45, 2.75) is 59.9 Å². The predicted octanol–water partition coefficient (Wildman–Crippen LogP) is 5.36. The Balaban J connectivity index is 2.74. The SMILES string of the molecule is CCCCN(CCCC)Cc1cc(C)c(Cl)cc1C. The molecule has 0 spiro atoms. The van der Waals surface area contributed by atoms with Crippen LogP contribution in [0.4, 0.5) is 0 Å². The van der Waals surface area contributed by atoms with Crippen molar-refractivity contribution in [3.05, 3.63) is 33.8 Å². The topological polar surface area (TPSA) is 3.24 Å². The van der Waals surface area contributed by atoms with Crippen LogP contribution in [-0.4, -0.2) is 18.0 Å². The molecule has 108 valence electrons. The molecule has 0 saturated carbocycles. The van der Waals surface area contributed by atoms with Crippen molar-refractivity contribution in [2.24, 2.45) is 0 Å². The van der Waals surface area contributed by atoms with Gasteiger partial charge in [0.05, 0.1) is 0 Å². The lowest BCUT2D eigenvalue weighted by Crippen LogP contribution is -2.26. The van der Waals surface area contributed by atoms with E-state index in [-0.39, 0.29) is 0 Å². The van der Waals surface area contributed by atoms with E-state index >= 15 is 0 Å². The number of aryl methyl sites for hydroxylation is 2. The average molecular weight is 282 g/mol. The summed E-state index contributed by atoms with van der Waals surface area (Å²) in [6.07, 6.45) is 5.10. The molecule has 0 bridgehead atoms. The molecule has 0 heterocycles. The van der Waals surface area contributed by atoms with E-state index in [9.17, 15) is 0 Å². The summed E-state index contributed by atoms with van der Waals surface area (Å²) in [6, 6.07) is 4.35. The molecule has 0 aliphatic rings. The van der Waals surface area contributed by atoms with Gasteiger partial charge in [-0.3, -0.25) is 4.90 Å². The number of nitrogens with zero attached hydrogens (tertiary/aromatic N) is 1. The lowest BCUT2D eigenvalue weighted by atomic mass is 10.0. The molecular formula is C17H28ClN. The molecule has 0 unspecified atom stereocenters. The largest absolute Gasteiger partial charge is 0.299 e. The Hall–Kier alpha value is -0.530. The van der Waals surface area contributed by atoms with E-state index in [0.717, 1.165) is 11.6 Å². The number of hydrogen-bond acceptors (Lipinski definition) is 1. The van der Waals surface area contributed by atoms with Gasteiger partial charge in [-0.05, 0) is 62.5 Å². The molecule has 0 aliphatic carbocycles. The van der Waals surface area contributed by atoms with Gasteiger partial charge < -0.3 is 0 Å². The summed E-state index contributed by atoms with van der Waals surface area (Å²) in [6.45, 7) is 12.2. The summed E-state index contributed by atoms with van der Waals surface area (Å²) in [4.78, 5) is 2.59. The molecule has 2 heteroatoms. The van der Waals surface area contributed by atoms with Gasteiger partial charge in [0.2, 0.25) is 0 Å². The lowest BCUT2D eigenvalue weighted by Gasteiger charge is -2.23. The number of benzene rings is 1. The Kier molecular flexibility index (Phi) is 7.48. The fraction of sp³-hybridized carbons (Fsp3) is 0.647. The first-order valence-corrected chi connectivity index (χ1v) is 7.94. The highest BCUT2D eigenvalue weighted by molar-refractivity contribution is 6.31. The van der Waals surface area contributed by atoms with E-state index in [1.54, 1.807) is 0 Å². The Morgan fingerprint density at radius 2 is 1.53 bits per heavy atom. The van der Waals surface area contributed by atoms with E-state index in [2.05, 4.69) is 44.7 Å². The first-order valence-electron chi connectivity index (χ1n) is 7.56. The minimum Gasteiger partial charge on any atom is -0.299 e. The fourth-order valence-corrected chi connectivity index (χ4v) is 2.50. The Labute approximate surface area is 124 Å². The predicted molar refractivity (Wildman–Crippen MR) is 86.0 cm³/mol. The van der Waals surface area contributed by atoms with Crippen LogP contribution in [0.15, 0.2) is 12.1 Å². The third kappa shape index (κ3) is 5.54.